The molecule has 33 heavy (non-hydrogen) atoms. The quantitative estimate of drug-likeness (QED) is 0.592. The first-order valence-electron chi connectivity index (χ1n) is 10.8. The molecule has 0 aliphatic rings. The predicted octanol–water partition coefficient (Wildman–Crippen LogP) is 3.51. The minimum atomic E-state index is -0.709. The van der Waals surface area contributed by atoms with E-state index in [9.17, 15) is 14.0 Å². The fraction of sp³-hybridized carbons (Fsp3) is 0.375. The van der Waals surface area contributed by atoms with Crippen molar-refractivity contribution in [2.75, 3.05) is 4.90 Å². The van der Waals surface area contributed by atoms with Gasteiger partial charge >= 0.3 is 0 Å². The van der Waals surface area contributed by atoms with Gasteiger partial charge in [0.25, 0.3) is 5.91 Å². The molecule has 1 atom stereocenters. The van der Waals surface area contributed by atoms with E-state index in [1.165, 1.54) is 21.8 Å². The number of halogens is 1. The van der Waals surface area contributed by atoms with E-state index in [0.29, 0.717) is 17.7 Å². The number of nitrogens with one attached hydrogen (secondary N) is 1. The number of aryl methyl sites for hydroxylation is 1. The number of hydrogen-bond donors (Lipinski definition) is 1. The van der Waals surface area contributed by atoms with E-state index in [1.807, 2.05) is 58.9 Å². The van der Waals surface area contributed by atoms with Gasteiger partial charge in [-0.2, -0.15) is 4.80 Å². The summed E-state index contributed by atoms with van der Waals surface area (Å²) in [5.74, 6) is -0.674. The highest BCUT2D eigenvalue weighted by Crippen LogP contribution is 2.22. The van der Waals surface area contributed by atoms with Crippen molar-refractivity contribution in [1.29, 1.82) is 0 Å². The minimum absolute atomic E-state index is 0.207. The zero-order valence-electron chi connectivity index (χ0n) is 19.5. The number of aromatic nitrogens is 4. The van der Waals surface area contributed by atoms with Crippen molar-refractivity contribution >= 4 is 17.5 Å². The number of benzene rings is 2. The molecule has 1 N–H and O–H groups in total. The highest BCUT2D eigenvalue weighted by atomic mass is 19.1. The van der Waals surface area contributed by atoms with Gasteiger partial charge in [-0.3, -0.25) is 14.5 Å². The highest BCUT2D eigenvalue weighted by Gasteiger charge is 2.32. The Bertz CT molecular complexity index is 1100. The van der Waals surface area contributed by atoms with E-state index in [0.717, 1.165) is 5.56 Å². The molecule has 1 aromatic heterocycles. The van der Waals surface area contributed by atoms with Gasteiger partial charge in [0.1, 0.15) is 18.4 Å². The summed E-state index contributed by atoms with van der Waals surface area (Å²) < 4.78 is 13.2. The summed E-state index contributed by atoms with van der Waals surface area (Å²) in [6.45, 7) is 9.29. The topological polar surface area (TPSA) is 93.0 Å². The van der Waals surface area contributed by atoms with E-state index >= 15 is 0 Å². The number of anilines is 1. The largest absolute Gasteiger partial charge is 0.350 e. The average molecular weight is 453 g/mol. The monoisotopic (exact) mass is 452 g/mol. The first-order chi connectivity index (χ1) is 15.6. The molecule has 0 aliphatic carbocycles. The van der Waals surface area contributed by atoms with Crippen LogP contribution in [0.4, 0.5) is 10.1 Å². The van der Waals surface area contributed by atoms with Crippen LogP contribution >= 0.6 is 0 Å². The number of tetrazole rings is 1. The Morgan fingerprint density at radius 1 is 1.09 bits per heavy atom. The SMILES string of the molecule is CCC(C(=O)NC(C)(C)C)N(C(=O)Cn1nnc(-c2ccc(F)cc2)n1)c1ccc(C)cc1. The lowest BCUT2D eigenvalue weighted by Gasteiger charge is -2.33. The van der Waals surface area contributed by atoms with E-state index in [4.69, 9.17) is 0 Å². The van der Waals surface area contributed by atoms with Crippen LogP contribution in [0, 0.1) is 12.7 Å². The van der Waals surface area contributed by atoms with Gasteiger partial charge in [0.05, 0.1) is 0 Å². The molecule has 8 nitrogen and oxygen atoms in total. The molecule has 0 radical (unpaired) electrons. The lowest BCUT2D eigenvalue weighted by atomic mass is 10.1. The van der Waals surface area contributed by atoms with E-state index < -0.39 is 11.6 Å². The van der Waals surface area contributed by atoms with Crippen LogP contribution in [0.25, 0.3) is 11.4 Å². The van der Waals surface area contributed by atoms with Crippen molar-refractivity contribution in [2.24, 2.45) is 0 Å². The van der Waals surface area contributed by atoms with E-state index in [1.54, 1.807) is 12.1 Å². The van der Waals surface area contributed by atoms with Crippen LogP contribution in [0.3, 0.4) is 0 Å². The number of carbonyl (C=O) groups is 2. The number of nitrogens with zero attached hydrogens (tertiary/aromatic N) is 5. The van der Waals surface area contributed by atoms with E-state index in [-0.39, 0.29) is 30.0 Å². The third-order valence-corrected chi connectivity index (χ3v) is 4.91. The second kappa shape index (κ2) is 9.89. The zero-order valence-corrected chi connectivity index (χ0v) is 19.5. The lowest BCUT2D eigenvalue weighted by molar-refractivity contribution is -0.128. The molecule has 1 heterocycles. The standard InChI is InChI=1S/C24H29FN6O2/c1-6-20(23(33)26-24(3,4)5)31(19-13-7-16(2)8-14-19)21(32)15-30-28-22(27-29-30)17-9-11-18(25)12-10-17/h7-14,20H,6,15H2,1-5H3,(H,26,33). The molecule has 0 bridgehead atoms. The molecule has 174 valence electrons. The summed E-state index contributed by atoms with van der Waals surface area (Å²) in [7, 11) is 0. The second-order valence-corrected chi connectivity index (χ2v) is 8.91. The number of hydrogen-bond acceptors (Lipinski definition) is 5. The minimum Gasteiger partial charge on any atom is -0.350 e. The summed E-state index contributed by atoms with van der Waals surface area (Å²) >= 11 is 0. The van der Waals surface area contributed by atoms with Crippen molar-refractivity contribution in [3.63, 3.8) is 0 Å². The van der Waals surface area contributed by atoms with Gasteiger partial charge in [-0.15, -0.1) is 10.2 Å². The Morgan fingerprint density at radius 2 is 1.73 bits per heavy atom. The molecule has 3 aromatic rings. The molecule has 2 aromatic carbocycles. The zero-order chi connectivity index (χ0) is 24.2. The van der Waals surface area contributed by atoms with Gasteiger partial charge in [-0.05, 0) is 75.7 Å². The Balaban J connectivity index is 1.88. The van der Waals surface area contributed by atoms with Gasteiger partial charge < -0.3 is 5.32 Å². The molecule has 2 amide bonds. The van der Waals surface area contributed by atoms with Crippen LogP contribution in [0.2, 0.25) is 0 Å². The summed E-state index contributed by atoms with van der Waals surface area (Å²) in [6.07, 6.45) is 0.424. The Morgan fingerprint density at radius 3 is 2.30 bits per heavy atom. The smallest absolute Gasteiger partial charge is 0.251 e. The third-order valence-electron chi connectivity index (χ3n) is 4.91. The molecular weight excluding hydrogens is 423 g/mol. The highest BCUT2D eigenvalue weighted by molar-refractivity contribution is 6.00. The first kappa shape index (κ1) is 24.0. The van der Waals surface area contributed by atoms with Crippen LogP contribution < -0.4 is 10.2 Å². The van der Waals surface area contributed by atoms with Gasteiger partial charge in [-0.25, -0.2) is 4.39 Å². The summed E-state index contributed by atoms with van der Waals surface area (Å²) in [6, 6.07) is 12.4. The van der Waals surface area contributed by atoms with Crippen LogP contribution in [0.15, 0.2) is 48.5 Å². The van der Waals surface area contributed by atoms with Crippen molar-refractivity contribution in [3.8, 4) is 11.4 Å². The second-order valence-electron chi connectivity index (χ2n) is 8.91. The number of rotatable bonds is 7. The molecule has 0 fully saturated rings. The van der Waals surface area contributed by atoms with Crippen molar-refractivity contribution in [1.82, 2.24) is 25.5 Å². The summed E-state index contributed by atoms with van der Waals surface area (Å²) in [5.41, 5.74) is 1.80. The first-order valence-corrected chi connectivity index (χ1v) is 10.8. The number of carbonyl (C=O) groups excluding carboxylic acids is 2. The maximum absolute atomic E-state index is 13.4. The average Bonchev–Trinajstić information content (AvgIpc) is 3.20. The fourth-order valence-electron chi connectivity index (χ4n) is 3.36. The Hall–Kier alpha value is -3.62. The Kier molecular flexibility index (Phi) is 7.20. The van der Waals surface area contributed by atoms with Crippen LogP contribution in [-0.2, 0) is 16.1 Å². The third kappa shape index (κ3) is 6.21. The molecule has 1 unspecified atom stereocenters. The van der Waals surface area contributed by atoms with E-state index in [2.05, 4.69) is 20.7 Å². The normalized spacial score (nSPS) is 12.3. The Labute approximate surface area is 192 Å². The molecule has 0 saturated heterocycles. The maximum atomic E-state index is 13.4. The van der Waals surface area contributed by atoms with Crippen molar-refractivity contribution < 1.29 is 14.0 Å². The fourth-order valence-corrected chi connectivity index (χ4v) is 3.36. The maximum Gasteiger partial charge on any atom is 0.251 e. The molecule has 0 saturated carbocycles. The van der Waals surface area contributed by atoms with Gasteiger partial charge in [0.15, 0.2) is 0 Å². The summed E-state index contributed by atoms with van der Waals surface area (Å²) in [4.78, 5) is 29.2. The molecular formula is C24H29FN6O2. The van der Waals surface area contributed by atoms with Crippen LogP contribution in [0.1, 0.15) is 39.7 Å². The van der Waals surface area contributed by atoms with Gasteiger partial charge in [0.2, 0.25) is 11.7 Å². The predicted molar refractivity (Wildman–Crippen MR) is 124 cm³/mol. The van der Waals surface area contributed by atoms with Crippen molar-refractivity contribution in [2.45, 2.75) is 59.2 Å². The summed E-state index contributed by atoms with van der Waals surface area (Å²) in [5, 5.41) is 15.2. The van der Waals surface area contributed by atoms with Crippen LogP contribution in [-0.4, -0.2) is 43.6 Å². The lowest BCUT2D eigenvalue weighted by Crippen LogP contribution is -2.54. The van der Waals surface area contributed by atoms with Gasteiger partial charge in [0, 0.05) is 16.8 Å². The molecule has 0 aliphatic heterocycles. The molecule has 0 spiro atoms. The van der Waals surface area contributed by atoms with Gasteiger partial charge in [-0.1, -0.05) is 24.6 Å². The van der Waals surface area contributed by atoms with Crippen molar-refractivity contribution in [3.05, 3.63) is 59.9 Å². The molecule has 3 rings (SSSR count). The number of amides is 2. The van der Waals surface area contributed by atoms with Crippen LogP contribution in [0.5, 0.6) is 0 Å². The molecule has 9 heteroatoms.